The maximum absolute atomic E-state index is 12.9. The van der Waals surface area contributed by atoms with Gasteiger partial charge in [0.15, 0.2) is 5.78 Å². The Bertz CT molecular complexity index is 1020. The summed E-state index contributed by atoms with van der Waals surface area (Å²) in [5, 5.41) is 7.91. The minimum atomic E-state index is -0.478. The number of ketones is 1. The Morgan fingerprint density at radius 3 is 2.46 bits per heavy atom. The van der Waals surface area contributed by atoms with Crippen molar-refractivity contribution in [2.75, 3.05) is 7.11 Å². The molecule has 1 aromatic carbocycles. The van der Waals surface area contributed by atoms with Crippen LogP contribution in [0.5, 0.6) is 0 Å². The standard InChI is InChI=1S/C20H21N3O4S/c1-10-6-8-14(9-7-10)18-22-23-20(27-18)28-13(4)17(24)16-11(2)15(12(3)21-16)19(25)26-5/h6-9,13,21H,1-5H3. The molecule has 0 spiro atoms. The predicted octanol–water partition coefficient (Wildman–Crippen LogP) is 4.14. The molecule has 146 valence electrons. The third kappa shape index (κ3) is 3.87. The lowest BCUT2D eigenvalue weighted by Crippen LogP contribution is -2.15. The van der Waals surface area contributed by atoms with Gasteiger partial charge in [-0.2, -0.15) is 0 Å². The number of aryl methyl sites for hydroxylation is 2. The molecule has 0 saturated carbocycles. The summed E-state index contributed by atoms with van der Waals surface area (Å²) in [4.78, 5) is 27.8. The second kappa shape index (κ2) is 8.02. The number of hydrogen-bond acceptors (Lipinski definition) is 7. The zero-order chi connectivity index (χ0) is 20.4. The van der Waals surface area contributed by atoms with Gasteiger partial charge in [-0.15, -0.1) is 10.2 Å². The number of rotatable bonds is 6. The highest BCUT2D eigenvalue weighted by molar-refractivity contribution is 8.00. The number of nitrogens with one attached hydrogen (secondary N) is 1. The second-order valence-electron chi connectivity index (χ2n) is 6.48. The molecule has 3 rings (SSSR count). The lowest BCUT2D eigenvalue weighted by atomic mass is 10.1. The smallest absolute Gasteiger partial charge is 0.339 e. The predicted molar refractivity (Wildman–Crippen MR) is 106 cm³/mol. The molecule has 28 heavy (non-hydrogen) atoms. The van der Waals surface area contributed by atoms with Gasteiger partial charge in [0.05, 0.1) is 23.6 Å². The fraction of sp³-hybridized carbons (Fsp3) is 0.300. The number of hydrogen-bond donors (Lipinski definition) is 1. The number of carbonyl (C=O) groups excluding carboxylic acids is 2. The first kappa shape index (κ1) is 19.9. The summed E-state index contributed by atoms with van der Waals surface area (Å²) in [6.07, 6.45) is 0. The average Bonchev–Trinajstić information content (AvgIpc) is 3.25. The van der Waals surface area contributed by atoms with Crippen LogP contribution in [0.3, 0.4) is 0 Å². The van der Waals surface area contributed by atoms with Gasteiger partial charge in [0.2, 0.25) is 5.89 Å². The Kier molecular flexibility index (Phi) is 5.69. The summed E-state index contributed by atoms with van der Waals surface area (Å²) < 4.78 is 10.5. The van der Waals surface area contributed by atoms with Gasteiger partial charge in [-0.3, -0.25) is 4.79 Å². The second-order valence-corrected chi connectivity index (χ2v) is 7.77. The van der Waals surface area contributed by atoms with Crippen LogP contribution in [0.4, 0.5) is 0 Å². The molecule has 7 nitrogen and oxygen atoms in total. The van der Waals surface area contributed by atoms with Crippen LogP contribution in [0.2, 0.25) is 0 Å². The third-order valence-corrected chi connectivity index (χ3v) is 5.36. The first-order valence-corrected chi connectivity index (χ1v) is 9.58. The van der Waals surface area contributed by atoms with Crippen LogP contribution in [0.1, 0.15) is 44.6 Å². The van der Waals surface area contributed by atoms with Gasteiger partial charge < -0.3 is 14.1 Å². The molecule has 1 atom stereocenters. The van der Waals surface area contributed by atoms with Crippen molar-refractivity contribution < 1.29 is 18.7 Å². The number of nitrogens with zero attached hydrogens (tertiary/aromatic N) is 2. The van der Waals surface area contributed by atoms with E-state index in [1.54, 1.807) is 20.8 Å². The molecule has 0 aliphatic rings. The molecule has 0 fully saturated rings. The van der Waals surface area contributed by atoms with E-state index in [-0.39, 0.29) is 5.78 Å². The lowest BCUT2D eigenvalue weighted by Gasteiger charge is -2.07. The number of carbonyl (C=O) groups is 2. The maximum atomic E-state index is 12.9. The number of Topliss-reactive ketones (excluding diaryl/α,β-unsaturated/α-hetero) is 1. The van der Waals surface area contributed by atoms with Gasteiger partial charge in [0.25, 0.3) is 5.22 Å². The first-order valence-electron chi connectivity index (χ1n) is 8.70. The van der Waals surface area contributed by atoms with E-state index in [4.69, 9.17) is 9.15 Å². The Labute approximate surface area is 166 Å². The fourth-order valence-corrected chi connectivity index (χ4v) is 3.63. The van der Waals surface area contributed by atoms with Crippen molar-refractivity contribution in [3.05, 3.63) is 52.3 Å². The Morgan fingerprint density at radius 2 is 1.82 bits per heavy atom. The van der Waals surface area contributed by atoms with Crippen molar-refractivity contribution in [2.24, 2.45) is 0 Å². The van der Waals surface area contributed by atoms with Crippen LogP contribution in [0.15, 0.2) is 33.9 Å². The highest BCUT2D eigenvalue weighted by atomic mass is 32.2. The minimum absolute atomic E-state index is 0.157. The van der Waals surface area contributed by atoms with Crippen LogP contribution < -0.4 is 0 Å². The van der Waals surface area contributed by atoms with Crippen molar-refractivity contribution in [3.8, 4) is 11.5 Å². The van der Waals surface area contributed by atoms with Crippen LogP contribution in [-0.2, 0) is 4.74 Å². The highest BCUT2D eigenvalue weighted by Gasteiger charge is 2.27. The van der Waals surface area contributed by atoms with Crippen molar-refractivity contribution in [2.45, 2.75) is 38.2 Å². The van der Waals surface area contributed by atoms with Gasteiger partial charge >= 0.3 is 5.97 Å². The van der Waals surface area contributed by atoms with E-state index in [2.05, 4.69) is 15.2 Å². The van der Waals surface area contributed by atoms with Gasteiger partial charge in [-0.1, -0.05) is 29.5 Å². The summed E-state index contributed by atoms with van der Waals surface area (Å²) in [5.41, 5.74) is 3.91. The zero-order valence-corrected chi connectivity index (χ0v) is 17.1. The quantitative estimate of drug-likeness (QED) is 0.378. The Morgan fingerprint density at radius 1 is 1.14 bits per heavy atom. The van der Waals surface area contributed by atoms with E-state index < -0.39 is 11.2 Å². The number of esters is 1. The van der Waals surface area contributed by atoms with E-state index >= 15 is 0 Å². The van der Waals surface area contributed by atoms with Crippen LogP contribution in [-0.4, -0.2) is 39.3 Å². The minimum Gasteiger partial charge on any atom is -0.465 e. The molecule has 1 N–H and O–H groups in total. The average molecular weight is 399 g/mol. The number of ether oxygens (including phenoxy) is 1. The van der Waals surface area contributed by atoms with Gasteiger partial charge in [-0.05, 0) is 45.4 Å². The largest absolute Gasteiger partial charge is 0.465 e. The molecule has 0 aliphatic carbocycles. The Balaban J connectivity index is 1.77. The fourth-order valence-electron chi connectivity index (χ4n) is 2.88. The number of aromatic amines is 1. The van der Waals surface area contributed by atoms with Crippen LogP contribution in [0, 0.1) is 20.8 Å². The number of aromatic nitrogens is 3. The van der Waals surface area contributed by atoms with Gasteiger partial charge in [0.1, 0.15) is 0 Å². The van der Waals surface area contributed by atoms with Crippen molar-refractivity contribution in [3.63, 3.8) is 0 Å². The molecule has 1 unspecified atom stereocenters. The lowest BCUT2D eigenvalue weighted by molar-refractivity contribution is 0.0599. The van der Waals surface area contributed by atoms with Crippen LogP contribution in [0.25, 0.3) is 11.5 Å². The molecule has 2 aromatic heterocycles. The first-order chi connectivity index (χ1) is 13.3. The molecule has 0 bridgehead atoms. The monoisotopic (exact) mass is 399 g/mol. The molecule has 8 heteroatoms. The summed E-state index contributed by atoms with van der Waals surface area (Å²) in [5.74, 6) is -0.219. The van der Waals surface area contributed by atoms with Crippen LogP contribution >= 0.6 is 11.8 Å². The van der Waals surface area contributed by atoms with E-state index in [1.807, 2.05) is 31.2 Å². The Hall–Kier alpha value is -2.87. The molecule has 3 aromatic rings. The van der Waals surface area contributed by atoms with Crippen molar-refractivity contribution >= 4 is 23.5 Å². The molecule has 0 radical (unpaired) electrons. The van der Waals surface area contributed by atoms with Crippen molar-refractivity contribution in [1.29, 1.82) is 0 Å². The van der Waals surface area contributed by atoms with E-state index in [1.165, 1.54) is 18.9 Å². The summed E-state index contributed by atoms with van der Waals surface area (Å²) in [6.45, 7) is 7.22. The normalized spacial score (nSPS) is 12.0. The summed E-state index contributed by atoms with van der Waals surface area (Å²) in [7, 11) is 1.31. The number of thioether (sulfide) groups is 1. The molecule has 0 saturated heterocycles. The number of methoxy groups -OCH3 is 1. The molecular weight excluding hydrogens is 378 g/mol. The van der Waals surface area contributed by atoms with Crippen molar-refractivity contribution in [1.82, 2.24) is 15.2 Å². The molecule has 0 aliphatic heterocycles. The molecule has 2 heterocycles. The SMILES string of the molecule is COC(=O)c1c(C)[nH]c(C(=O)C(C)Sc2nnc(-c3ccc(C)cc3)o2)c1C. The molecule has 0 amide bonds. The van der Waals surface area contributed by atoms with Gasteiger partial charge in [-0.25, -0.2) is 4.79 Å². The maximum Gasteiger partial charge on any atom is 0.339 e. The summed E-state index contributed by atoms with van der Waals surface area (Å²) in [6, 6.07) is 7.75. The van der Waals surface area contributed by atoms with E-state index in [0.29, 0.717) is 33.6 Å². The third-order valence-electron chi connectivity index (χ3n) is 4.43. The number of benzene rings is 1. The number of H-pyrrole nitrogens is 1. The summed E-state index contributed by atoms with van der Waals surface area (Å²) >= 11 is 1.18. The van der Waals surface area contributed by atoms with Gasteiger partial charge in [0, 0.05) is 11.3 Å². The van der Waals surface area contributed by atoms with E-state index in [9.17, 15) is 9.59 Å². The zero-order valence-electron chi connectivity index (χ0n) is 16.3. The molecular formula is C20H21N3O4S. The topological polar surface area (TPSA) is 98.1 Å². The van der Waals surface area contributed by atoms with E-state index in [0.717, 1.165) is 11.1 Å². The highest BCUT2D eigenvalue weighted by Crippen LogP contribution is 2.29.